The second-order valence-corrected chi connectivity index (χ2v) is 6.59. The average molecular weight is 257 g/mol. The van der Waals surface area contributed by atoms with Crippen molar-refractivity contribution < 1.29 is 9.50 Å². The molecule has 0 heterocycles. The SMILES string of the molecule is CC(C)[C@@H](CO)N[C@@H](C1CC1)C1CCCC(F)C1. The van der Waals surface area contributed by atoms with E-state index in [0.717, 1.165) is 31.6 Å². The Hall–Kier alpha value is -0.150. The van der Waals surface area contributed by atoms with Crippen molar-refractivity contribution in [3.05, 3.63) is 0 Å². The number of nitrogens with one attached hydrogen (secondary N) is 1. The van der Waals surface area contributed by atoms with E-state index in [4.69, 9.17) is 0 Å². The van der Waals surface area contributed by atoms with E-state index in [0.29, 0.717) is 17.9 Å². The molecule has 2 saturated carbocycles. The van der Waals surface area contributed by atoms with Gasteiger partial charge in [-0.2, -0.15) is 0 Å². The topological polar surface area (TPSA) is 32.3 Å². The lowest BCUT2D eigenvalue weighted by atomic mass is 9.80. The van der Waals surface area contributed by atoms with E-state index in [2.05, 4.69) is 19.2 Å². The molecule has 0 bridgehead atoms. The molecule has 0 radical (unpaired) electrons. The van der Waals surface area contributed by atoms with Crippen LogP contribution in [-0.2, 0) is 0 Å². The van der Waals surface area contributed by atoms with Gasteiger partial charge in [0, 0.05) is 12.1 Å². The van der Waals surface area contributed by atoms with Gasteiger partial charge in [0.15, 0.2) is 0 Å². The van der Waals surface area contributed by atoms with E-state index < -0.39 is 6.17 Å². The van der Waals surface area contributed by atoms with Gasteiger partial charge < -0.3 is 10.4 Å². The molecule has 0 aromatic rings. The van der Waals surface area contributed by atoms with E-state index >= 15 is 0 Å². The van der Waals surface area contributed by atoms with Crippen LogP contribution in [0.5, 0.6) is 0 Å². The van der Waals surface area contributed by atoms with Gasteiger partial charge in [-0.15, -0.1) is 0 Å². The van der Waals surface area contributed by atoms with Crippen LogP contribution in [0.3, 0.4) is 0 Å². The minimum Gasteiger partial charge on any atom is -0.395 e. The first-order valence-electron chi connectivity index (χ1n) is 7.62. The number of aliphatic hydroxyl groups is 1. The molecule has 106 valence electrons. The molecule has 0 aromatic heterocycles. The molecule has 2 nitrogen and oxygen atoms in total. The Kier molecular flexibility index (Phi) is 5.02. The van der Waals surface area contributed by atoms with Gasteiger partial charge in [0.2, 0.25) is 0 Å². The van der Waals surface area contributed by atoms with Crippen LogP contribution in [0.4, 0.5) is 4.39 Å². The summed E-state index contributed by atoms with van der Waals surface area (Å²) in [6.07, 6.45) is 5.63. The highest BCUT2D eigenvalue weighted by atomic mass is 19.1. The smallest absolute Gasteiger partial charge is 0.100 e. The fourth-order valence-corrected chi connectivity index (χ4v) is 3.31. The lowest BCUT2D eigenvalue weighted by Gasteiger charge is -2.36. The average Bonchev–Trinajstić information content (AvgIpc) is 3.14. The number of hydrogen-bond donors (Lipinski definition) is 2. The molecule has 0 spiro atoms. The van der Waals surface area contributed by atoms with Crippen molar-refractivity contribution in [2.45, 2.75) is 70.6 Å². The molecule has 0 amide bonds. The summed E-state index contributed by atoms with van der Waals surface area (Å²) in [4.78, 5) is 0. The van der Waals surface area contributed by atoms with Gasteiger partial charge in [-0.25, -0.2) is 4.39 Å². The highest BCUT2D eigenvalue weighted by molar-refractivity contribution is 4.95. The Labute approximate surface area is 110 Å². The van der Waals surface area contributed by atoms with Crippen molar-refractivity contribution >= 4 is 0 Å². The summed E-state index contributed by atoms with van der Waals surface area (Å²) in [5.74, 6) is 1.64. The van der Waals surface area contributed by atoms with Gasteiger partial charge in [0.05, 0.1) is 6.61 Å². The van der Waals surface area contributed by atoms with Gasteiger partial charge in [-0.3, -0.25) is 0 Å². The normalized spacial score (nSPS) is 32.5. The number of aliphatic hydroxyl groups excluding tert-OH is 1. The fourth-order valence-electron chi connectivity index (χ4n) is 3.31. The van der Waals surface area contributed by atoms with E-state index in [1.807, 2.05) is 0 Å². The standard InChI is InChI=1S/C15H28FNO/c1-10(2)14(9-18)17-15(11-6-7-11)12-4-3-5-13(16)8-12/h10-15,17-18H,3-9H2,1-2H3/t12?,13?,14-,15+/m1/s1. The molecule has 2 aliphatic rings. The second-order valence-electron chi connectivity index (χ2n) is 6.59. The summed E-state index contributed by atoms with van der Waals surface area (Å²) in [7, 11) is 0. The lowest BCUT2D eigenvalue weighted by Crippen LogP contribution is -2.49. The third-order valence-corrected chi connectivity index (χ3v) is 4.70. The molecule has 0 aliphatic heterocycles. The second kappa shape index (κ2) is 6.33. The maximum atomic E-state index is 13.6. The summed E-state index contributed by atoms with van der Waals surface area (Å²) in [6, 6.07) is 0.596. The zero-order chi connectivity index (χ0) is 13.1. The predicted molar refractivity (Wildman–Crippen MR) is 72.2 cm³/mol. The van der Waals surface area contributed by atoms with E-state index in [-0.39, 0.29) is 12.6 Å². The molecule has 3 heteroatoms. The van der Waals surface area contributed by atoms with Crippen molar-refractivity contribution in [3.63, 3.8) is 0 Å². The van der Waals surface area contributed by atoms with Crippen LogP contribution in [0, 0.1) is 17.8 Å². The van der Waals surface area contributed by atoms with Gasteiger partial charge in [-0.05, 0) is 49.9 Å². The number of hydrogen-bond acceptors (Lipinski definition) is 2. The van der Waals surface area contributed by atoms with Crippen molar-refractivity contribution in [2.24, 2.45) is 17.8 Å². The number of alkyl halides is 1. The summed E-state index contributed by atoms with van der Waals surface area (Å²) < 4.78 is 13.6. The molecule has 0 saturated heterocycles. The third kappa shape index (κ3) is 3.67. The maximum Gasteiger partial charge on any atom is 0.100 e. The molecular formula is C15H28FNO. The first kappa shape index (κ1) is 14.3. The number of halogens is 1. The monoisotopic (exact) mass is 257 g/mol. The lowest BCUT2D eigenvalue weighted by molar-refractivity contribution is 0.129. The summed E-state index contributed by atoms with van der Waals surface area (Å²) >= 11 is 0. The highest BCUT2D eigenvalue weighted by Crippen LogP contribution is 2.41. The van der Waals surface area contributed by atoms with Gasteiger partial charge in [-0.1, -0.05) is 20.3 Å². The summed E-state index contributed by atoms with van der Waals surface area (Å²) in [5.41, 5.74) is 0. The largest absolute Gasteiger partial charge is 0.395 e. The van der Waals surface area contributed by atoms with Crippen LogP contribution < -0.4 is 5.32 Å². The summed E-state index contributed by atoms with van der Waals surface area (Å²) in [5, 5.41) is 13.1. The Morgan fingerprint density at radius 1 is 1.17 bits per heavy atom. The third-order valence-electron chi connectivity index (χ3n) is 4.70. The highest BCUT2D eigenvalue weighted by Gasteiger charge is 2.39. The molecule has 2 unspecified atom stereocenters. The van der Waals surface area contributed by atoms with Crippen molar-refractivity contribution in [1.82, 2.24) is 5.32 Å². The van der Waals surface area contributed by atoms with Crippen LogP contribution in [-0.4, -0.2) is 30.0 Å². The molecule has 4 atom stereocenters. The molecule has 18 heavy (non-hydrogen) atoms. The van der Waals surface area contributed by atoms with Crippen LogP contribution in [0.15, 0.2) is 0 Å². The van der Waals surface area contributed by atoms with Gasteiger partial charge in [0.25, 0.3) is 0 Å². The Balaban J connectivity index is 1.94. The first-order chi connectivity index (χ1) is 8.61. The molecule has 2 N–H and O–H groups in total. The van der Waals surface area contributed by atoms with Crippen LogP contribution in [0.2, 0.25) is 0 Å². The number of rotatable bonds is 6. The van der Waals surface area contributed by atoms with Gasteiger partial charge >= 0.3 is 0 Å². The van der Waals surface area contributed by atoms with Gasteiger partial charge in [0.1, 0.15) is 6.17 Å². The maximum absolute atomic E-state index is 13.6. The minimum atomic E-state index is -0.599. The zero-order valence-corrected chi connectivity index (χ0v) is 11.7. The molecule has 0 aromatic carbocycles. The van der Waals surface area contributed by atoms with Crippen LogP contribution >= 0.6 is 0 Å². The van der Waals surface area contributed by atoms with Crippen LogP contribution in [0.25, 0.3) is 0 Å². The first-order valence-corrected chi connectivity index (χ1v) is 7.62. The predicted octanol–water partition coefficient (Wildman–Crippen LogP) is 2.90. The Bertz CT molecular complexity index is 255. The Morgan fingerprint density at radius 3 is 2.39 bits per heavy atom. The van der Waals surface area contributed by atoms with E-state index in [1.54, 1.807) is 0 Å². The van der Waals surface area contributed by atoms with E-state index in [9.17, 15) is 9.50 Å². The Morgan fingerprint density at radius 2 is 1.89 bits per heavy atom. The molecule has 2 fully saturated rings. The quantitative estimate of drug-likeness (QED) is 0.767. The molecule has 2 aliphatic carbocycles. The molecule has 2 rings (SSSR count). The minimum absolute atomic E-state index is 0.163. The fraction of sp³-hybridized carbons (Fsp3) is 1.00. The van der Waals surface area contributed by atoms with E-state index in [1.165, 1.54) is 12.8 Å². The van der Waals surface area contributed by atoms with Crippen molar-refractivity contribution in [2.75, 3.05) is 6.61 Å². The van der Waals surface area contributed by atoms with Crippen molar-refractivity contribution in [3.8, 4) is 0 Å². The molecular weight excluding hydrogens is 229 g/mol. The summed E-state index contributed by atoms with van der Waals surface area (Å²) in [6.45, 7) is 4.46. The van der Waals surface area contributed by atoms with Crippen LogP contribution in [0.1, 0.15) is 52.4 Å². The zero-order valence-electron chi connectivity index (χ0n) is 11.7. The van der Waals surface area contributed by atoms with Crippen molar-refractivity contribution in [1.29, 1.82) is 0 Å².